The van der Waals surface area contributed by atoms with Crippen molar-refractivity contribution in [3.63, 3.8) is 0 Å². The van der Waals surface area contributed by atoms with Crippen LogP contribution in [0.2, 0.25) is 0 Å². The van der Waals surface area contributed by atoms with Crippen LogP contribution in [0.5, 0.6) is 23.0 Å². The second kappa shape index (κ2) is 14.7. The van der Waals surface area contributed by atoms with Gasteiger partial charge in [-0.1, -0.05) is 123 Å². The number of carbonyl (C=O) groups is 4. The number of carbonyl (C=O) groups excluding carboxylic acids is 4. The Kier molecular flexibility index (Phi) is 9.81. The molecule has 1 aliphatic rings. The number of benzene rings is 6. The molecule has 8 heteroatoms. The minimum atomic E-state index is -1.73. The molecule has 0 N–H and O–H groups in total. The zero-order chi connectivity index (χ0) is 40.8. The third kappa shape index (κ3) is 6.41. The summed E-state index contributed by atoms with van der Waals surface area (Å²) in [5, 5.41) is 2.12. The lowest BCUT2D eigenvalue weighted by atomic mass is 9.65. The fraction of sp³-hybridized carbons (Fsp3) is 0.102. The van der Waals surface area contributed by atoms with Gasteiger partial charge in [0, 0.05) is 33.1 Å². The number of hydrogen-bond acceptors (Lipinski definition) is 8. The molecule has 0 aromatic heterocycles. The normalized spacial score (nSPS) is 12.2. The van der Waals surface area contributed by atoms with Gasteiger partial charge in [0.25, 0.3) is 0 Å². The van der Waals surface area contributed by atoms with Gasteiger partial charge in [0.1, 0.15) is 23.0 Å². The van der Waals surface area contributed by atoms with E-state index >= 15 is 0 Å². The van der Waals surface area contributed by atoms with Crippen LogP contribution in [-0.4, -0.2) is 23.9 Å². The Hall–Kier alpha value is -7.32. The molecule has 1 aliphatic carbocycles. The molecule has 57 heavy (non-hydrogen) atoms. The van der Waals surface area contributed by atoms with E-state index < -0.39 is 29.3 Å². The van der Waals surface area contributed by atoms with Crippen LogP contribution in [0.1, 0.15) is 49.9 Å². The van der Waals surface area contributed by atoms with E-state index in [-0.39, 0.29) is 56.4 Å². The standard InChI is InChI=1S/C49H38O8/c1-27(2)45(50)54-39-25-31-17-9-11-19-33(31)43(56-47(52)29(5)6)41(39)49(37-23-15-13-21-35(37)36-22-14-16-24-38(36)49)42-40(55-46(51)28(3)4)26-32-18-10-12-20-34(32)44(42)57-48(53)30(7)8/h9-26H,1,3,5,7H2,2,4,6,8H3. The highest BCUT2D eigenvalue weighted by Gasteiger charge is 2.54. The molecule has 0 saturated carbocycles. The van der Waals surface area contributed by atoms with Crippen molar-refractivity contribution in [1.82, 2.24) is 0 Å². The molecule has 8 nitrogen and oxygen atoms in total. The first-order valence-corrected chi connectivity index (χ1v) is 18.1. The van der Waals surface area contributed by atoms with Gasteiger partial charge in [-0.15, -0.1) is 0 Å². The maximum Gasteiger partial charge on any atom is 0.338 e. The van der Waals surface area contributed by atoms with Crippen molar-refractivity contribution >= 4 is 45.4 Å². The zero-order valence-corrected chi connectivity index (χ0v) is 32.0. The van der Waals surface area contributed by atoms with Crippen molar-refractivity contribution in [1.29, 1.82) is 0 Å². The number of hydrogen-bond donors (Lipinski definition) is 0. The maximum atomic E-state index is 13.8. The van der Waals surface area contributed by atoms with Gasteiger partial charge in [-0.05, 0) is 72.9 Å². The quantitative estimate of drug-likeness (QED) is 0.0772. The Morgan fingerprint density at radius 3 is 1.12 bits per heavy atom. The van der Waals surface area contributed by atoms with Crippen LogP contribution in [0, 0.1) is 0 Å². The second-order valence-electron chi connectivity index (χ2n) is 14.1. The molecule has 0 saturated heterocycles. The first-order valence-electron chi connectivity index (χ1n) is 18.1. The van der Waals surface area contributed by atoms with Gasteiger partial charge in [0.05, 0.1) is 16.5 Å². The summed E-state index contributed by atoms with van der Waals surface area (Å²) in [6.07, 6.45) is 0. The number of rotatable bonds is 10. The van der Waals surface area contributed by atoms with Crippen molar-refractivity contribution in [2.24, 2.45) is 0 Å². The first-order chi connectivity index (χ1) is 27.2. The summed E-state index contributed by atoms with van der Waals surface area (Å²) in [6.45, 7) is 21.5. The lowest BCUT2D eigenvalue weighted by Gasteiger charge is -2.38. The lowest BCUT2D eigenvalue weighted by molar-refractivity contribution is -0.131. The Labute approximate surface area is 330 Å². The Morgan fingerprint density at radius 1 is 0.439 bits per heavy atom. The summed E-state index contributed by atoms with van der Waals surface area (Å²) in [4.78, 5) is 55.2. The summed E-state index contributed by atoms with van der Waals surface area (Å²) in [7, 11) is 0. The van der Waals surface area contributed by atoms with Gasteiger partial charge in [-0.2, -0.15) is 0 Å². The Bertz CT molecular complexity index is 2590. The van der Waals surface area contributed by atoms with Gasteiger partial charge < -0.3 is 18.9 Å². The second-order valence-corrected chi connectivity index (χ2v) is 14.1. The van der Waals surface area contributed by atoms with Gasteiger partial charge in [0.2, 0.25) is 0 Å². The van der Waals surface area contributed by atoms with E-state index in [1.807, 2.05) is 48.5 Å². The molecule has 6 aromatic carbocycles. The van der Waals surface area contributed by atoms with Crippen LogP contribution in [0.3, 0.4) is 0 Å². The number of ether oxygens (including phenoxy) is 4. The molecular weight excluding hydrogens is 717 g/mol. The molecular formula is C49H38O8. The third-order valence-corrected chi connectivity index (χ3v) is 9.82. The monoisotopic (exact) mass is 754 g/mol. The molecule has 0 spiro atoms. The minimum Gasteiger partial charge on any atom is -0.423 e. The predicted octanol–water partition coefficient (Wildman–Crippen LogP) is 10.3. The maximum absolute atomic E-state index is 13.8. The number of esters is 4. The average molecular weight is 755 g/mol. The Morgan fingerprint density at radius 2 is 0.754 bits per heavy atom. The van der Waals surface area contributed by atoms with E-state index in [1.54, 1.807) is 60.7 Å². The average Bonchev–Trinajstić information content (AvgIpc) is 3.48. The van der Waals surface area contributed by atoms with E-state index in [1.165, 1.54) is 27.7 Å². The highest BCUT2D eigenvalue weighted by atomic mass is 16.6. The summed E-state index contributed by atoms with van der Waals surface area (Å²) in [6, 6.07) is 32.9. The summed E-state index contributed by atoms with van der Waals surface area (Å²) in [5.41, 5.74) is 1.79. The van der Waals surface area contributed by atoms with Crippen LogP contribution in [-0.2, 0) is 24.6 Å². The smallest absolute Gasteiger partial charge is 0.338 e. The fourth-order valence-corrected chi connectivity index (χ4v) is 7.29. The molecule has 0 unspecified atom stereocenters. The molecule has 282 valence electrons. The van der Waals surface area contributed by atoms with Crippen molar-refractivity contribution < 1.29 is 38.1 Å². The van der Waals surface area contributed by atoms with Crippen molar-refractivity contribution in [2.75, 3.05) is 0 Å². The highest BCUT2D eigenvalue weighted by molar-refractivity contribution is 6.04. The summed E-state index contributed by atoms with van der Waals surface area (Å²) in [5.74, 6) is -2.94. The van der Waals surface area contributed by atoms with Crippen molar-refractivity contribution in [3.8, 4) is 34.1 Å². The van der Waals surface area contributed by atoms with Crippen LogP contribution >= 0.6 is 0 Å². The first kappa shape index (κ1) is 38.0. The van der Waals surface area contributed by atoms with Crippen molar-refractivity contribution in [2.45, 2.75) is 33.1 Å². The lowest BCUT2D eigenvalue weighted by Crippen LogP contribution is -2.33. The van der Waals surface area contributed by atoms with Gasteiger partial charge >= 0.3 is 23.9 Å². The summed E-state index contributed by atoms with van der Waals surface area (Å²) < 4.78 is 25.4. The third-order valence-electron chi connectivity index (χ3n) is 9.82. The summed E-state index contributed by atoms with van der Waals surface area (Å²) >= 11 is 0. The minimum absolute atomic E-state index is 0.000218. The topological polar surface area (TPSA) is 105 Å². The van der Waals surface area contributed by atoms with E-state index in [0.717, 1.165) is 11.1 Å². The zero-order valence-electron chi connectivity index (χ0n) is 32.0. The van der Waals surface area contributed by atoms with Gasteiger partial charge in [-0.3, -0.25) is 0 Å². The van der Waals surface area contributed by atoms with E-state index in [4.69, 9.17) is 18.9 Å². The van der Waals surface area contributed by atoms with Gasteiger partial charge in [-0.25, -0.2) is 19.2 Å². The molecule has 0 fully saturated rings. The molecule has 0 heterocycles. The van der Waals surface area contributed by atoms with E-state index in [9.17, 15) is 19.2 Å². The van der Waals surface area contributed by atoms with Crippen molar-refractivity contribution in [3.05, 3.63) is 180 Å². The highest BCUT2D eigenvalue weighted by Crippen LogP contribution is 2.65. The molecule has 0 amide bonds. The van der Waals surface area contributed by atoms with Crippen LogP contribution in [0.25, 0.3) is 32.7 Å². The van der Waals surface area contributed by atoms with Crippen LogP contribution in [0.4, 0.5) is 0 Å². The molecule has 0 radical (unpaired) electrons. The fourth-order valence-electron chi connectivity index (χ4n) is 7.29. The van der Waals surface area contributed by atoms with Crippen LogP contribution in [0.15, 0.2) is 158 Å². The van der Waals surface area contributed by atoms with Gasteiger partial charge in [0.15, 0.2) is 0 Å². The number of fused-ring (bicyclic) bond motifs is 5. The largest absolute Gasteiger partial charge is 0.423 e. The molecule has 6 aromatic rings. The van der Waals surface area contributed by atoms with E-state index in [0.29, 0.717) is 32.7 Å². The molecule has 7 rings (SSSR count). The molecule has 0 bridgehead atoms. The predicted molar refractivity (Wildman–Crippen MR) is 221 cm³/mol. The SMILES string of the molecule is C=C(C)C(=O)Oc1cc2ccccc2c(OC(=O)C(=C)C)c1C1(c2c(OC(=O)C(=C)C)cc3ccccc3c2OC(=O)C(=C)C)c2ccccc2-c2ccccc21. The molecule has 0 atom stereocenters. The van der Waals surface area contributed by atoms with Crippen LogP contribution < -0.4 is 18.9 Å². The molecule has 0 aliphatic heterocycles. The van der Waals surface area contributed by atoms with E-state index in [2.05, 4.69) is 26.3 Å². The Balaban J connectivity index is 1.83.